The number of para-hydroxylation sites is 7. The monoisotopic (exact) mass is 1250 g/mol. The zero-order valence-electron chi connectivity index (χ0n) is 66.3. The molecule has 0 amide bonds. The van der Waals surface area contributed by atoms with Crippen LogP contribution in [0.15, 0.2) is 224 Å². The summed E-state index contributed by atoms with van der Waals surface area (Å²) in [6, 6.07) is 59.4. The van der Waals surface area contributed by atoms with Gasteiger partial charge in [-0.05, 0) is 164 Å². The van der Waals surface area contributed by atoms with E-state index in [1.165, 1.54) is 42.1 Å². The molecular formula is C78H86N14O. The van der Waals surface area contributed by atoms with Gasteiger partial charge >= 0.3 is 0 Å². The van der Waals surface area contributed by atoms with E-state index in [4.69, 9.17) is 20.9 Å². The van der Waals surface area contributed by atoms with Crippen LogP contribution in [0, 0.1) is 34.6 Å². The second kappa shape index (κ2) is 26.4. The topological polar surface area (TPSA) is 97.1 Å². The number of benzene rings is 7. The highest BCUT2D eigenvalue weighted by Gasteiger charge is 2.37. The molecule has 0 N–H and O–H groups in total. The van der Waals surface area contributed by atoms with Crippen LogP contribution >= 0.6 is 0 Å². The van der Waals surface area contributed by atoms with Crippen LogP contribution in [-0.2, 0) is 0 Å². The van der Waals surface area contributed by atoms with Crippen molar-refractivity contribution < 1.29 is 20.9 Å². The highest BCUT2D eigenvalue weighted by Crippen LogP contribution is 2.47. The van der Waals surface area contributed by atoms with Crippen molar-refractivity contribution >= 4 is 96.4 Å². The maximum atomic E-state index is 7.83. The Morgan fingerprint density at radius 3 is 1.32 bits per heavy atom. The Hall–Kier alpha value is -10.5. The standard InChI is InChI=1S/C18H18N2O.C16H18N2.2C15H17N3.C14H16N4/c1-12-8-9-15-14-6-4-5-7-16(14)21-18(15)17(12)20-11-10-19(3)13(20)2;1-12-8-4-5-9-14(12)18-13(2)17(3)15-10-6-7-11-16(15)18;1-11-7-4-5-8-13(11)18-12(2)17(3)15-14(18)9-6-10-16-15;1-11-7-4-5-8-13(11)18-12(2)17(3)14-9-6-10-16-15(14)18;1-10-6-4-5-7-12(10)18-11(2)17(3)13-14(18)16-9-8-15-13/h4-11,13H,1-3H3;4-11,13H,1-3H3;2*4-10,12H,1-3H3;4-9,11H,1-3H3/i;4*3D3. The Morgan fingerprint density at radius 1 is 0.333 bits per heavy atom. The molecular weight excluding hydrogens is 1150 g/mol. The molecule has 93 heavy (non-hydrogen) atoms. The third kappa shape index (κ3) is 11.6. The van der Waals surface area contributed by atoms with Gasteiger partial charge < -0.3 is 53.4 Å². The van der Waals surface area contributed by atoms with Gasteiger partial charge in [-0.3, -0.25) is 0 Å². The third-order valence-corrected chi connectivity index (χ3v) is 17.9. The van der Waals surface area contributed by atoms with Crippen LogP contribution in [0.4, 0.5) is 74.5 Å². The van der Waals surface area contributed by atoms with E-state index in [2.05, 4.69) is 92.2 Å². The van der Waals surface area contributed by atoms with Crippen LogP contribution in [0.3, 0.4) is 0 Å². The average Bonchev–Trinajstić information content (AvgIpc) is 1.61. The van der Waals surface area contributed by atoms with Crippen LogP contribution in [0.25, 0.3) is 21.9 Å². The number of pyridine rings is 2. The minimum Gasteiger partial charge on any atom is -0.454 e. The molecule has 0 aliphatic carbocycles. The Kier molecular flexibility index (Phi) is 13.9. The molecule has 15 heteroatoms. The third-order valence-electron chi connectivity index (χ3n) is 17.9. The molecule has 11 aromatic rings. The molecule has 5 atom stereocenters. The smallest absolute Gasteiger partial charge is 0.178 e. The Balaban J connectivity index is 0.000000123. The lowest BCUT2D eigenvalue weighted by Crippen LogP contribution is -2.36. The highest BCUT2D eigenvalue weighted by molar-refractivity contribution is 6.09. The molecule has 5 unspecified atom stereocenters. The Bertz CT molecular complexity index is 4500. The summed E-state index contributed by atoms with van der Waals surface area (Å²) in [5.74, 6) is 2.17. The van der Waals surface area contributed by atoms with E-state index < -0.39 is 27.9 Å². The van der Waals surface area contributed by atoms with Gasteiger partial charge in [0.2, 0.25) is 0 Å². The van der Waals surface area contributed by atoms with Crippen molar-refractivity contribution in [3.8, 4) is 0 Å². The molecule has 5 aliphatic rings. The fourth-order valence-electron chi connectivity index (χ4n) is 12.7. The summed E-state index contributed by atoms with van der Waals surface area (Å²) < 4.78 is 99.7. The lowest BCUT2D eigenvalue weighted by molar-refractivity contribution is 0.383. The molecule has 0 fully saturated rings. The number of furan rings is 1. The molecule has 4 aromatic heterocycles. The Labute approximate surface area is 566 Å². The van der Waals surface area contributed by atoms with E-state index in [0.717, 1.165) is 78.9 Å². The molecule has 0 spiro atoms. The van der Waals surface area contributed by atoms with E-state index in [1.54, 1.807) is 24.7 Å². The zero-order chi connectivity index (χ0) is 75.4. The molecule has 5 aliphatic heterocycles. The van der Waals surface area contributed by atoms with Gasteiger partial charge in [-0.25, -0.2) is 19.9 Å². The van der Waals surface area contributed by atoms with Crippen molar-refractivity contribution in [2.24, 2.45) is 0 Å². The molecule has 9 heterocycles. The zero-order valence-corrected chi connectivity index (χ0v) is 54.3. The van der Waals surface area contributed by atoms with E-state index in [9.17, 15) is 0 Å². The van der Waals surface area contributed by atoms with Gasteiger partial charge in [0, 0.05) is 122 Å². The predicted molar refractivity (Wildman–Crippen MR) is 389 cm³/mol. The molecule has 0 saturated heterocycles. The Morgan fingerprint density at radius 2 is 0.753 bits per heavy atom. The summed E-state index contributed by atoms with van der Waals surface area (Å²) in [7, 11) is 2.09. The maximum Gasteiger partial charge on any atom is 0.178 e. The fourth-order valence-corrected chi connectivity index (χ4v) is 12.7. The lowest BCUT2D eigenvalue weighted by atomic mass is 10.1. The first-order valence-corrected chi connectivity index (χ1v) is 31.3. The van der Waals surface area contributed by atoms with Crippen LogP contribution in [-0.4, -0.2) is 90.6 Å². The van der Waals surface area contributed by atoms with E-state index in [-0.39, 0.29) is 24.7 Å². The largest absolute Gasteiger partial charge is 0.454 e. The minimum absolute atomic E-state index is 0.254. The molecule has 16 rings (SSSR count). The maximum absolute atomic E-state index is 7.83. The van der Waals surface area contributed by atoms with Crippen LogP contribution in [0.2, 0.25) is 0 Å². The quantitative estimate of drug-likeness (QED) is 0.163. The summed E-state index contributed by atoms with van der Waals surface area (Å²) in [4.78, 5) is 35.5. The van der Waals surface area contributed by atoms with Gasteiger partial charge in [-0.2, -0.15) is 0 Å². The second-order valence-corrected chi connectivity index (χ2v) is 23.7. The number of hydrogen-bond acceptors (Lipinski definition) is 15. The van der Waals surface area contributed by atoms with Gasteiger partial charge in [0.1, 0.15) is 36.4 Å². The summed E-state index contributed by atoms with van der Waals surface area (Å²) in [5, 5.41) is 2.36. The first kappa shape index (κ1) is 49.2. The fraction of sp³-hybridized carbons (Fsp3) is 0.256. The number of aromatic nitrogens is 4. The van der Waals surface area contributed by atoms with Crippen LogP contribution in [0.1, 0.15) is 78.9 Å². The van der Waals surface area contributed by atoms with Gasteiger partial charge in [-0.1, -0.05) is 115 Å². The predicted octanol–water partition coefficient (Wildman–Crippen LogP) is 17.8. The first-order valence-electron chi connectivity index (χ1n) is 37.3. The molecule has 0 bridgehead atoms. The number of hydrogen-bond donors (Lipinski definition) is 0. The van der Waals surface area contributed by atoms with Crippen molar-refractivity contribution in [2.75, 3.05) is 79.1 Å². The number of anilines is 13. The highest BCUT2D eigenvalue weighted by atomic mass is 16.3. The van der Waals surface area contributed by atoms with Crippen molar-refractivity contribution in [3.05, 3.63) is 247 Å². The summed E-state index contributed by atoms with van der Waals surface area (Å²) in [6.45, 7) is 11.1. The van der Waals surface area contributed by atoms with Gasteiger partial charge in [-0.15, -0.1) is 0 Å². The summed E-state index contributed by atoms with van der Waals surface area (Å²) in [6.07, 6.45) is 9.68. The molecule has 474 valence electrons. The normalized spacial score (nSPS) is 20.6. The number of fused-ring (bicyclic) bond motifs is 7. The number of rotatable bonds is 5. The molecule has 15 nitrogen and oxygen atoms in total. The minimum atomic E-state index is -2.26. The first-order chi connectivity index (χ1) is 49.8. The second-order valence-electron chi connectivity index (χ2n) is 23.7. The lowest BCUT2D eigenvalue weighted by Gasteiger charge is -2.28. The summed E-state index contributed by atoms with van der Waals surface area (Å²) >= 11 is 0. The number of nitrogens with zero attached hydrogens (tertiary/aromatic N) is 14. The molecule has 0 radical (unpaired) electrons. The average molecular weight is 1250 g/mol. The number of aryl methyl sites for hydroxylation is 5. The van der Waals surface area contributed by atoms with Gasteiger partial charge in [0.05, 0.1) is 28.4 Å². The van der Waals surface area contributed by atoms with Crippen LogP contribution < -0.4 is 44.1 Å². The molecule has 7 aromatic carbocycles. The van der Waals surface area contributed by atoms with Gasteiger partial charge in [0.15, 0.2) is 28.9 Å². The molecule has 0 saturated carbocycles. The van der Waals surface area contributed by atoms with Gasteiger partial charge in [0.25, 0.3) is 0 Å². The van der Waals surface area contributed by atoms with Crippen LogP contribution in [0.5, 0.6) is 0 Å². The van der Waals surface area contributed by atoms with Crippen molar-refractivity contribution in [1.29, 1.82) is 0 Å². The summed E-state index contributed by atoms with van der Waals surface area (Å²) in [5.41, 5.74) is 15.9. The van der Waals surface area contributed by atoms with Crippen molar-refractivity contribution in [2.45, 2.75) is 100 Å². The SMILES string of the molecule is Cc1ccc2c(oc3ccccc32)c1N1C=CN(C)C1C.[2H]C([2H])([2H])N1c2ccccc2N(c2ccccc2C)C1C.[2H]C([2H])([2H])N1c2cccnc2N(c2ccccc2C)C1C.[2H]C([2H])([2H])N1c2ncccc2N(c2ccccc2C)C1C.[2H]C([2H])([2H])N1c2nccnc2N(c2ccccc2C)C1C. The van der Waals surface area contributed by atoms with Crippen molar-refractivity contribution in [1.82, 2.24) is 24.8 Å². The van der Waals surface area contributed by atoms with Crippen molar-refractivity contribution in [3.63, 3.8) is 0 Å². The van der Waals surface area contributed by atoms with E-state index in [0.29, 0.717) is 35.1 Å². The van der Waals surface area contributed by atoms with E-state index >= 15 is 0 Å². The van der Waals surface area contributed by atoms with E-state index in [1.807, 2.05) is 222 Å².